The first-order valence-corrected chi connectivity index (χ1v) is 6.25. The van der Waals surface area contributed by atoms with E-state index in [9.17, 15) is 19.8 Å². The molecular weight excluding hydrogens is 240 g/mol. The average Bonchev–Trinajstić information content (AvgIpc) is 2.35. The quantitative estimate of drug-likeness (QED) is 0.335. The van der Waals surface area contributed by atoms with Crippen molar-refractivity contribution in [2.45, 2.75) is 51.0 Å². The second-order valence-corrected chi connectivity index (χ2v) is 4.63. The van der Waals surface area contributed by atoms with Crippen LogP contribution in [0, 0.1) is 5.92 Å². The summed E-state index contributed by atoms with van der Waals surface area (Å²) < 4.78 is 0. The Balaban J connectivity index is 2.51. The number of carbonyl (C=O) groups excluding carboxylic acids is 2. The molecular formula is C12H18O6-2. The number of carboxylic acids is 2. The Morgan fingerprint density at radius 2 is 1.89 bits per heavy atom. The van der Waals surface area contributed by atoms with Gasteiger partial charge < -0.3 is 19.8 Å². The number of hydrogen-bond acceptors (Lipinski definition) is 6. The molecule has 0 atom stereocenters. The zero-order valence-electron chi connectivity index (χ0n) is 10.5. The molecule has 0 amide bonds. The Morgan fingerprint density at radius 1 is 1.28 bits per heavy atom. The van der Waals surface area contributed by atoms with Gasteiger partial charge in [0.15, 0.2) is 0 Å². The van der Waals surface area contributed by atoms with Crippen LogP contribution in [0.15, 0.2) is 0 Å². The molecule has 104 valence electrons. The highest BCUT2D eigenvalue weighted by Gasteiger charge is 2.39. The van der Waals surface area contributed by atoms with Crippen LogP contribution in [0.2, 0.25) is 0 Å². The van der Waals surface area contributed by atoms with Gasteiger partial charge in [0.1, 0.15) is 5.60 Å². The van der Waals surface area contributed by atoms with E-state index in [4.69, 9.17) is 9.78 Å². The minimum absolute atomic E-state index is 0.0695. The molecule has 1 aliphatic rings. The zero-order chi connectivity index (χ0) is 13.6. The third-order valence-corrected chi connectivity index (χ3v) is 3.30. The summed E-state index contributed by atoms with van der Waals surface area (Å²) in [6, 6.07) is 0. The summed E-state index contributed by atoms with van der Waals surface area (Å²) in [4.78, 5) is 31.7. The monoisotopic (exact) mass is 258 g/mol. The first-order chi connectivity index (χ1) is 8.52. The van der Waals surface area contributed by atoms with Crippen molar-refractivity contribution in [1.82, 2.24) is 0 Å². The molecule has 18 heavy (non-hydrogen) atoms. The summed E-state index contributed by atoms with van der Waals surface area (Å²) in [6.45, 7) is 2.29. The van der Waals surface area contributed by atoms with Gasteiger partial charge in [-0.2, -0.15) is 0 Å². The topological polar surface area (TPSA) is 98.7 Å². The Kier molecular flexibility index (Phi) is 5.55. The van der Waals surface area contributed by atoms with Crippen molar-refractivity contribution < 1.29 is 29.6 Å². The fourth-order valence-electron chi connectivity index (χ4n) is 2.00. The molecule has 0 radical (unpaired) electrons. The maximum absolute atomic E-state index is 11.1. The summed E-state index contributed by atoms with van der Waals surface area (Å²) in [7, 11) is 0. The van der Waals surface area contributed by atoms with Crippen LogP contribution in [0.3, 0.4) is 0 Å². The highest BCUT2D eigenvalue weighted by Crippen LogP contribution is 2.34. The molecule has 0 N–H and O–H groups in total. The summed E-state index contributed by atoms with van der Waals surface area (Å²) in [6.07, 6.45) is 2.22. The van der Waals surface area contributed by atoms with Crippen LogP contribution in [0.5, 0.6) is 0 Å². The molecule has 0 unspecified atom stereocenters. The summed E-state index contributed by atoms with van der Waals surface area (Å²) in [5.74, 6) is -3.11. The van der Waals surface area contributed by atoms with Crippen molar-refractivity contribution in [3.05, 3.63) is 0 Å². The molecule has 1 fully saturated rings. The van der Waals surface area contributed by atoms with Crippen molar-refractivity contribution in [2.75, 3.05) is 6.61 Å². The van der Waals surface area contributed by atoms with Crippen molar-refractivity contribution in [2.24, 2.45) is 5.92 Å². The third-order valence-electron chi connectivity index (χ3n) is 3.30. The largest absolute Gasteiger partial charge is 0.550 e. The minimum atomic E-state index is -1.51. The van der Waals surface area contributed by atoms with Crippen LogP contribution in [0.25, 0.3) is 0 Å². The molecule has 0 bridgehead atoms. The van der Waals surface area contributed by atoms with Crippen molar-refractivity contribution in [3.63, 3.8) is 0 Å². The molecule has 6 heteroatoms. The molecule has 0 heterocycles. The van der Waals surface area contributed by atoms with Crippen molar-refractivity contribution in [1.29, 1.82) is 0 Å². The van der Waals surface area contributed by atoms with Gasteiger partial charge in [0.05, 0.1) is 12.6 Å². The lowest BCUT2D eigenvalue weighted by molar-refractivity contribution is -0.398. The number of unbranched alkanes of at least 4 members (excludes halogenated alkanes) is 1. The minimum Gasteiger partial charge on any atom is -0.550 e. The molecule has 1 aliphatic carbocycles. The summed E-state index contributed by atoms with van der Waals surface area (Å²) in [5, 5.41) is 21.8. The van der Waals surface area contributed by atoms with Crippen LogP contribution >= 0.6 is 0 Å². The highest BCUT2D eigenvalue weighted by atomic mass is 17.2. The van der Waals surface area contributed by atoms with E-state index in [1.54, 1.807) is 0 Å². The van der Waals surface area contributed by atoms with Crippen LogP contribution in [0.1, 0.15) is 45.4 Å². The average molecular weight is 258 g/mol. The van der Waals surface area contributed by atoms with Gasteiger partial charge in [0, 0.05) is 5.97 Å². The first kappa shape index (κ1) is 14.9. The lowest BCUT2D eigenvalue weighted by Gasteiger charge is -2.39. The first-order valence-electron chi connectivity index (χ1n) is 6.25. The van der Waals surface area contributed by atoms with Gasteiger partial charge in [-0.15, -0.1) is 0 Å². The van der Waals surface area contributed by atoms with Gasteiger partial charge in [-0.1, -0.05) is 13.3 Å². The molecule has 0 spiro atoms. The number of rotatable bonds is 7. The predicted molar refractivity (Wildman–Crippen MR) is 56.6 cm³/mol. The van der Waals surface area contributed by atoms with E-state index >= 15 is 0 Å². The second kappa shape index (κ2) is 6.70. The summed E-state index contributed by atoms with van der Waals surface area (Å²) in [5.41, 5.74) is -1.51. The lowest BCUT2D eigenvalue weighted by atomic mass is 9.79. The molecule has 6 nitrogen and oxygen atoms in total. The van der Waals surface area contributed by atoms with Gasteiger partial charge in [0.2, 0.25) is 0 Å². The molecule has 0 saturated heterocycles. The number of carbonyl (C=O) groups is 2. The van der Waals surface area contributed by atoms with E-state index in [1.165, 1.54) is 0 Å². The van der Waals surface area contributed by atoms with E-state index < -0.39 is 23.5 Å². The number of hydrogen-bond donors (Lipinski definition) is 0. The zero-order valence-corrected chi connectivity index (χ0v) is 10.5. The lowest BCUT2D eigenvalue weighted by Crippen LogP contribution is -2.53. The molecule has 1 saturated carbocycles. The SMILES string of the molecule is CCCCOOC1(C(=O)[O-])CCC(C(=O)[O-])CC1. The summed E-state index contributed by atoms with van der Waals surface area (Å²) >= 11 is 0. The second-order valence-electron chi connectivity index (χ2n) is 4.63. The Morgan fingerprint density at radius 3 is 2.33 bits per heavy atom. The number of aliphatic carboxylic acids is 2. The molecule has 1 rings (SSSR count). The Bertz CT molecular complexity index is 293. The van der Waals surface area contributed by atoms with E-state index in [0.717, 1.165) is 12.8 Å². The smallest absolute Gasteiger partial charge is 0.143 e. The number of carboxylic acid groups (broad SMARTS) is 2. The fraction of sp³-hybridized carbons (Fsp3) is 0.833. The van der Waals surface area contributed by atoms with E-state index in [2.05, 4.69) is 0 Å². The normalized spacial score (nSPS) is 27.9. The molecule has 0 aliphatic heterocycles. The Hall–Kier alpha value is -1.14. The van der Waals surface area contributed by atoms with Crippen LogP contribution in [-0.4, -0.2) is 24.1 Å². The van der Waals surface area contributed by atoms with Crippen LogP contribution < -0.4 is 10.2 Å². The van der Waals surface area contributed by atoms with Crippen LogP contribution in [-0.2, 0) is 19.4 Å². The molecule has 0 aromatic rings. The highest BCUT2D eigenvalue weighted by molar-refractivity contribution is 5.76. The Labute approximate surface area is 106 Å². The van der Waals surface area contributed by atoms with E-state index in [-0.39, 0.29) is 25.7 Å². The molecule has 0 aromatic carbocycles. The molecule has 0 aromatic heterocycles. The maximum atomic E-state index is 11.1. The van der Waals surface area contributed by atoms with E-state index in [1.807, 2.05) is 6.92 Å². The predicted octanol–water partition coefficient (Wildman–Crippen LogP) is -0.836. The van der Waals surface area contributed by atoms with Gasteiger partial charge >= 0.3 is 0 Å². The third kappa shape index (κ3) is 3.68. The van der Waals surface area contributed by atoms with Gasteiger partial charge in [-0.05, 0) is 38.0 Å². The van der Waals surface area contributed by atoms with Crippen molar-refractivity contribution >= 4 is 11.9 Å². The van der Waals surface area contributed by atoms with Gasteiger partial charge in [0.25, 0.3) is 0 Å². The fourth-order valence-corrected chi connectivity index (χ4v) is 2.00. The standard InChI is InChI=1S/C12H20O6/c1-2-3-8-17-18-12(11(15)16)6-4-9(5-7-12)10(13)14/h9H,2-8H2,1H3,(H,13,14)(H,15,16)/p-2. The van der Waals surface area contributed by atoms with Crippen molar-refractivity contribution in [3.8, 4) is 0 Å². The maximum Gasteiger partial charge on any atom is 0.143 e. The van der Waals surface area contributed by atoms with Gasteiger partial charge in [-0.25, -0.2) is 9.78 Å². The van der Waals surface area contributed by atoms with Crippen LogP contribution in [0.4, 0.5) is 0 Å². The van der Waals surface area contributed by atoms with Gasteiger partial charge in [-0.3, -0.25) is 0 Å². The van der Waals surface area contributed by atoms with E-state index in [0.29, 0.717) is 6.61 Å².